The van der Waals surface area contributed by atoms with E-state index in [-0.39, 0.29) is 5.69 Å². The predicted octanol–water partition coefficient (Wildman–Crippen LogP) is 5.16. The van der Waals surface area contributed by atoms with Crippen LogP contribution >= 0.6 is 34.9 Å². The molecule has 0 unspecified atom stereocenters. The van der Waals surface area contributed by atoms with Gasteiger partial charge in [-0.2, -0.15) is 0 Å². The Labute approximate surface area is 165 Å². The maximum atomic E-state index is 10.8. The zero-order valence-corrected chi connectivity index (χ0v) is 16.3. The van der Waals surface area contributed by atoms with Crippen LogP contribution in [0, 0.1) is 10.1 Å². The second-order valence-electron chi connectivity index (χ2n) is 5.56. The summed E-state index contributed by atoms with van der Waals surface area (Å²) in [6.07, 6.45) is 0.922. The van der Waals surface area contributed by atoms with Crippen molar-refractivity contribution in [2.45, 2.75) is 13.0 Å². The van der Waals surface area contributed by atoms with E-state index >= 15 is 0 Å². The third kappa shape index (κ3) is 5.10. The summed E-state index contributed by atoms with van der Waals surface area (Å²) in [5, 5.41) is 18.7. The Hall–Kier alpha value is -2.29. The van der Waals surface area contributed by atoms with Crippen LogP contribution in [-0.4, -0.2) is 21.5 Å². The Morgan fingerprint density at radius 3 is 2.31 bits per heavy atom. The first-order valence-electron chi connectivity index (χ1n) is 7.97. The lowest BCUT2D eigenvalue weighted by atomic mass is 10.3. The van der Waals surface area contributed by atoms with Crippen LogP contribution in [0.2, 0.25) is 0 Å². The predicted molar refractivity (Wildman–Crippen MR) is 112 cm³/mol. The molecule has 0 bridgehead atoms. The number of thiocarbonyl (C=S) groups is 1. The summed E-state index contributed by atoms with van der Waals surface area (Å²) in [5.74, 6) is 0. The first-order valence-corrected chi connectivity index (χ1v) is 10.1. The van der Waals surface area contributed by atoms with E-state index in [9.17, 15) is 10.1 Å². The molecule has 3 aromatic rings. The van der Waals surface area contributed by atoms with Gasteiger partial charge < -0.3 is 10.2 Å². The molecular weight excluding hydrogens is 386 g/mol. The van der Waals surface area contributed by atoms with Crippen molar-refractivity contribution < 1.29 is 4.92 Å². The van der Waals surface area contributed by atoms with Crippen LogP contribution in [0.4, 0.5) is 11.4 Å². The summed E-state index contributed by atoms with van der Waals surface area (Å²) in [7, 11) is 0. The molecule has 8 heteroatoms. The van der Waals surface area contributed by atoms with Crippen molar-refractivity contribution in [1.82, 2.24) is 4.90 Å². The van der Waals surface area contributed by atoms with Crippen molar-refractivity contribution in [1.29, 1.82) is 0 Å². The number of hydrogen-bond acceptors (Lipinski definition) is 5. The molecule has 134 valence electrons. The van der Waals surface area contributed by atoms with Crippen LogP contribution in [0.25, 0.3) is 0 Å². The summed E-state index contributed by atoms with van der Waals surface area (Å²) in [4.78, 5) is 15.0. The summed E-state index contributed by atoms with van der Waals surface area (Å²) in [5.41, 5.74) is 0.808. The number of rotatable bonds is 7. The van der Waals surface area contributed by atoms with Crippen LogP contribution in [0.5, 0.6) is 0 Å². The van der Waals surface area contributed by atoms with Gasteiger partial charge in [-0.15, -0.1) is 22.7 Å². The third-order valence-corrected chi connectivity index (χ3v) is 5.91. The van der Waals surface area contributed by atoms with Crippen LogP contribution < -0.4 is 5.32 Å². The molecule has 1 aromatic carbocycles. The lowest BCUT2D eigenvalue weighted by Crippen LogP contribution is -2.35. The molecule has 0 spiro atoms. The molecule has 0 saturated carbocycles. The molecule has 0 saturated heterocycles. The van der Waals surface area contributed by atoms with Gasteiger partial charge in [0.2, 0.25) is 0 Å². The lowest BCUT2D eigenvalue weighted by Gasteiger charge is -2.25. The molecule has 0 aliphatic heterocycles. The molecule has 1 N–H and O–H groups in total. The molecule has 0 aliphatic rings. The van der Waals surface area contributed by atoms with Gasteiger partial charge in [-0.05, 0) is 53.7 Å². The highest BCUT2D eigenvalue weighted by Crippen LogP contribution is 2.18. The second-order valence-corrected chi connectivity index (χ2v) is 8.02. The van der Waals surface area contributed by atoms with E-state index < -0.39 is 4.92 Å². The van der Waals surface area contributed by atoms with E-state index in [1.165, 1.54) is 21.9 Å². The highest BCUT2D eigenvalue weighted by atomic mass is 32.1. The van der Waals surface area contributed by atoms with E-state index in [4.69, 9.17) is 12.2 Å². The molecule has 0 radical (unpaired) electrons. The van der Waals surface area contributed by atoms with E-state index in [1.807, 2.05) is 6.07 Å². The standard InChI is InChI=1S/C18H17N3O2S3/c22-21(23)15-7-5-14(6-8-15)19-18(24)20(13-17-4-2-12-26-17)10-9-16-3-1-11-25-16/h1-8,11-12H,9-10,13H2,(H,19,24). The van der Waals surface area contributed by atoms with Crippen molar-refractivity contribution >= 4 is 51.4 Å². The smallest absolute Gasteiger partial charge is 0.269 e. The van der Waals surface area contributed by atoms with Crippen molar-refractivity contribution in [2.24, 2.45) is 0 Å². The summed E-state index contributed by atoms with van der Waals surface area (Å²) >= 11 is 9.04. The monoisotopic (exact) mass is 403 g/mol. The van der Waals surface area contributed by atoms with Crippen molar-refractivity contribution in [3.05, 3.63) is 79.2 Å². The molecule has 3 rings (SSSR count). The van der Waals surface area contributed by atoms with Gasteiger partial charge in [-0.25, -0.2) is 0 Å². The van der Waals surface area contributed by atoms with Gasteiger partial charge in [-0.3, -0.25) is 10.1 Å². The van der Waals surface area contributed by atoms with Gasteiger partial charge in [-0.1, -0.05) is 12.1 Å². The maximum Gasteiger partial charge on any atom is 0.269 e. The van der Waals surface area contributed by atoms with Crippen molar-refractivity contribution in [3.8, 4) is 0 Å². The molecule has 2 aromatic heterocycles. The summed E-state index contributed by atoms with van der Waals surface area (Å²) < 4.78 is 0. The number of benzene rings is 1. The van der Waals surface area contributed by atoms with Crippen LogP contribution in [0.1, 0.15) is 9.75 Å². The highest BCUT2D eigenvalue weighted by molar-refractivity contribution is 7.80. The minimum Gasteiger partial charge on any atom is -0.344 e. The fourth-order valence-electron chi connectivity index (χ4n) is 2.41. The molecule has 0 atom stereocenters. The Kier molecular flexibility index (Phi) is 6.32. The first kappa shape index (κ1) is 18.5. The van der Waals surface area contributed by atoms with Gasteiger partial charge in [0, 0.05) is 34.1 Å². The zero-order chi connectivity index (χ0) is 18.4. The third-order valence-electron chi connectivity index (χ3n) is 3.75. The molecule has 5 nitrogen and oxygen atoms in total. The number of anilines is 1. The van der Waals surface area contributed by atoms with E-state index in [1.54, 1.807) is 34.8 Å². The Bertz CT molecular complexity index is 846. The van der Waals surface area contributed by atoms with E-state index in [0.717, 1.165) is 25.2 Å². The number of nitrogens with zero attached hydrogens (tertiary/aromatic N) is 2. The van der Waals surface area contributed by atoms with E-state index in [0.29, 0.717) is 5.11 Å². The summed E-state index contributed by atoms with van der Waals surface area (Å²) in [6.45, 7) is 1.54. The van der Waals surface area contributed by atoms with Gasteiger partial charge in [0.1, 0.15) is 0 Å². The Balaban J connectivity index is 1.67. The van der Waals surface area contributed by atoms with Crippen molar-refractivity contribution in [3.63, 3.8) is 0 Å². The van der Waals surface area contributed by atoms with E-state index in [2.05, 4.69) is 39.2 Å². The average molecular weight is 404 g/mol. The largest absolute Gasteiger partial charge is 0.344 e. The van der Waals surface area contributed by atoms with Gasteiger partial charge in [0.15, 0.2) is 5.11 Å². The Morgan fingerprint density at radius 1 is 1.08 bits per heavy atom. The quantitative estimate of drug-likeness (QED) is 0.335. The van der Waals surface area contributed by atoms with Crippen LogP contribution in [0.15, 0.2) is 59.3 Å². The molecule has 2 heterocycles. The SMILES string of the molecule is O=[N+]([O-])c1ccc(NC(=S)N(CCc2cccs2)Cc2cccs2)cc1. The summed E-state index contributed by atoms with van der Waals surface area (Å²) in [6, 6.07) is 14.6. The van der Waals surface area contributed by atoms with Crippen LogP contribution in [0.3, 0.4) is 0 Å². The first-order chi connectivity index (χ1) is 12.6. The topological polar surface area (TPSA) is 58.4 Å². The number of thiophene rings is 2. The normalized spacial score (nSPS) is 10.5. The van der Waals surface area contributed by atoms with Gasteiger partial charge in [0.05, 0.1) is 11.5 Å². The lowest BCUT2D eigenvalue weighted by molar-refractivity contribution is -0.384. The fourth-order valence-corrected chi connectivity index (χ4v) is 4.10. The Morgan fingerprint density at radius 2 is 1.73 bits per heavy atom. The molecule has 0 aliphatic carbocycles. The minimum atomic E-state index is -0.410. The van der Waals surface area contributed by atoms with Crippen molar-refractivity contribution in [2.75, 3.05) is 11.9 Å². The number of nitrogens with one attached hydrogen (secondary N) is 1. The molecule has 26 heavy (non-hydrogen) atoms. The fraction of sp³-hybridized carbons (Fsp3) is 0.167. The molecule has 0 fully saturated rings. The maximum absolute atomic E-state index is 10.8. The average Bonchev–Trinajstić information content (AvgIpc) is 3.32. The highest BCUT2D eigenvalue weighted by Gasteiger charge is 2.13. The minimum absolute atomic E-state index is 0.0644. The number of nitro groups is 1. The number of hydrogen-bond donors (Lipinski definition) is 1. The van der Waals surface area contributed by atoms with Gasteiger partial charge in [0.25, 0.3) is 5.69 Å². The zero-order valence-electron chi connectivity index (χ0n) is 13.8. The number of non-ortho nitro benzene ring substituents is 1. The van der Waals surface area contributed by atoms with Crippen LogP contribution in [-0.2, 0) is 13.0 Å². The second kappa shape index (κ2) is 8.88. The molecular formula is C18H17N3O2S3. The van der Waals surface area contributed by atoms with Gasteiger partial charge >= 0.3 is 0 Å². The number of nitro benzene ring substituents is 1. The molecule has 0 amide bonds.